The summed E-state index contributed by atoms with van der Waals surface area (Å²) in [7, 11) is 0. The summed E-state index contributed by atoms with van der Waals surface area (Å²) in [6, 6.07) is 16.4. The Morgan fingerprint density at radius 2 is 1.82 bits per heavy atom. The molecule has 0 saturated heterocycles. The van der Waals surface area contributed by atoms with Crippen molar-refractivity contribution >= 4 is 11.9 Å². The largest absolute Gasteiger partial charge is 0.493 e. The third-order valence-electron chi connectivity index (χ3n) is 4.67. The molecule has 6 nitrogen and oxygen atoms in total. The van der Waals surface area contributed by atoms with Crippen molar-refractivity contribution in [1.29, 1.82) is 0 Å². The van der Waals surface area contributed by atoms with E-state index in [2.05, 4.69) is 57.0 Å². The average Bonchev–Trinajstić information content (AvgIpc) is 3.21. The lowest BCUT2D eigenvalue weighted by molar-refractivity contribution is -0.121. The molecular weight excluding hydrogens is 352 g/mol. The van der Waals surface area contributed by atoms with Gasteiger partial charge in [0, 0.05) is 38.3 Å². The maximum atomic E-state index is 12.0. The molecule has 0 spiro atoms. The Bertz CT molecular complexity index is 943. The summed E-state index contributed by atoms with van der Waals surface area (Å²) in [5.41, 5.74) is 4.69. The van der Waals surface area contributed by atoms with E-state index in [0.717, 1.165) is 29.9 Å². The second-order valence-electron chi connectivity index (χ2n) is 6.64. The molecule has 4 rings (SSSR count). The van der Waals surface area contributed by atoms with Gasteiger partial charge in [0.1, 0.15) is 5.75 Å². The summed E-state index contributed by atoms with van der Waals surface area (Å²) < 4.78 is 5.56. The second kappa shape index (κ2) is 8.52. The standard InChI is InChI=1S/C22H22N4O2/c27-21(8-12-25-22-23-10-1-11-24-22)26-15-16-2-4-17(5-3-16)18-6-7-20-19(14-18)9-13-28-20/h1-7,10-11,14H,8-9,12-13,15H2,(H,26,27)(H,23,24,25). The predicted octanol–water partition coefficient (Wildman–Crippen LogP) is 3.20. The van der Waals surface area contributed by atoms with Gasteiger partial charge in [0.2, 0.25) is 11.9 Å². The molecule has 1 amide bonds. The molecule has 0 saturated carbocycles. The van der Waals surface area contributed by atoms with E-state index in [9.17, 15) is 4.79 Å². The van der Waals surface area contributed by atoms with Crippen LogP contribution in [0.5, 0.6) is 5.75 Å². The minimum Gasteiger partial charge on any atom is -0.493 e. The van der Waals surface area contributed by atoms with Crippen molar-refractivity contribution in [3.05, 3.63) is 72.1 Å². The van der Waals surface area contributed by atoms with Crippen molar-refractivity contribution in [2.75, 3.05) is 18.5 Å². The van der Waals surface area contributed by atoms with Gasteiger partial charge in [0.25, 0.3) is 0 Å². The lowest BCUT2D eigenvalue weighted by Crippen LogP contribution is -2.25. The molecule has 28 heavy (non-hydrogen) atoms. The molecule has 2 aromatic carbocycles. The number of anilines is 1. The maximum absolute atomic E-state index is 12.0. The highest BCUT2D eigenvalue weighted by atomic mass is 16.5. The number of ether oxygens (including phenoxy) is 1. The number of carbonyl (C=O) groups is 1. The molecule has 0 atom stereocenters. The normalized spacial score (nSPS) is 12.1. The molecular formula is C22H22N4O2. The molecule has 1 aromatic heterocycles. The van der Waals surface area contributed by atoms with Crippen LogP contribution in [0, 0.1) is 0 Å². The van der Waals surface area contributed by atoms with Gasteiger partial charge in [-0.05, 0) is 40.5 Å². The van der Waals surface area contributed by atoms with E-state index < -0.39 is 0 Å². The van der Waals surface area contributed by atoms with E-state index in [0.29, 0.717) is 25.5 Å². The highest BCUT2D eigenvalue weighted by Crippen LogP contribution is 2.30. The zero-order valence-corrected chi connectivity index (χ0v) is 15.5. The average molecular weight is 374 g/mol. The topological polar surface area (TPSA) is 76.1 Å². The van der Waals surface area contributed by atoms with E-state index in [1.165, 1.54) is 11.1 Å². The first kappa shape index (κ1) is 18.0. The lowest BCUT2D eigenvalue weighted by Gasteiger charge is -2.08. The van der Waals surface area contributed by atoms with Crippen molar-refractivity contribution in [1.82, 2.24) is 15.3 Å². The van der Waals surface area contributed by atoms with E-state index in [-0.39, 0.29) is 5.91 Å². The van der Waals surface area contributed by atoms with Crippen molar-refractivity contribution < 1.29 is 9.53 Å². The van der Waals surface area contributed by atoms with E-state index in [1.54, 1.807) is 18.5 Å². The van der Waals surface area contributed by atoms with Crippen LogP contribution in [-0.2, 0) is 17.8 Å². The number of rotatable bonds is 7. The van der Waals surface area contributed by atoms with Crippen molar-refractivity contribution in [3.63, 3.8) is 0 Å². The fraction of sp³-hybridized carbons (Fsp3) is 0.227. The number of carbonyl (C=O) groups excluding carboxylic acids is 1. The summed E-state index contributed by atoms with van der Waals surface area (Å²) >= 11 is 0. The quantitative estimate of drug-likeness (QED) is 0.664. The Labute approximate surface area is 164 Å². The van der Waals surface area contributed by atoms with Gasteiger partial charge in [-0.15, -0.1) is 0 Å². The molecule has 0 bridgehead atoms. The lowest BCUT2D eigenvalue weighted by atomic mass is 10.0. The van der Waals surface area contributed by atoms with Crippen LogP contribution in [0.1, 0.15) is 17.5 Å². The highest BCUT2D eigenvalue weighted by Gasteiger charge is 2.12. The van der Waals surface area contributed by atoms with Crippen molar-refractivity contribution in [2.45, 2.75) is 19.4 Å². The number of benzene rings is 2. The third kappa shape index (κ3) is 4.46. The van der Waals surface area contributed by atoms with Crippen molar-refractivity contribution in [3.8, 4) is 16.9 Å². The Morgan fingerprint density at radius 3 is 2.64 bits per heavy atom. The molecule has 2 heterocycles. The van der Waals surface area contributed by atoms with Gasteiger partial charge in [-0.25, -0.2) is 9.97 Å². The van der Waals surface area contributed by atoms with Crippen LogP contribution in [-0.4, -0.2) is 29.0 Å². The van der Waals surface area contributed by atoms with Crippen LogP contribution in [0.15, 0.2) is 60.9 Å². The fourth-order valence-electron chi connectivity index (χ4n) is 3.15. The second-order valence-corrected chi connectivity index (χ2v) is 6.64. The van der Waals surface area contributed by atoms with Gasteiger partial charge in [0.05, 0.1) is 6.61 Å². The number of amides is 1. The SMILES string of the molecule is O=C(CCNc1ncccn1)NCc1ccc(-c2ccc3c(c2)CCO3)cc1. The zero-order valence-electron chi connectivity index (χ0n) is 15.5. The molecule has 6 heteroatoms. The maximum Gasteiger partial charge on any atom is 0.222 e. The van der Waals surface area contributed by atoms with E-state index in [1.807, 2.05) is 6.07 Å². The van der Waals surface area contributed by atoms with Gasteiger partial charge >= 0.3 is 0 Å². The van der Waals surface area contributed by atoms with E-state index in [4.69, 9.17) is 4.74 Å². The first-order chi connectivity index (χ1) is 13.8. The Hall–Kier alpha value is -3.41. The van der Waals surface area contributed by atoms with Crippen LogP contribution in [0.2, 0.25) is 0 Å². The van der Waals surface area contributed by atoms with Crippen LogP contribution in [0.25, 0.3) is 11.1 Å². The Balaban J connectivity index is 1.26. The number of nitrogens with zero attached hydrogens (tertiary/aromatic N) is 2. The number of nitrogens with one attached hydrogen (secondary N) is 2. The number of fused-ring (bicyclic) bond motifs is 1. The molecule has 0 radical (unpaired) electrons. The predicted molar refractivity (Wildman–Crippen MR) is 108 cm³/mol. The first-order valence-corrected chi connectivity index (χ1v) is 9.40. The molecule has 0 aliphatic carbocycles. The highest BCUT2D eigenvalue weighted by molar-refractivity contribution is 5.76. The molecule has 1 aliphatic rings. The van der Waals surface area contributed by atoms with Gasteiger partial charge in [-0.2, -0.15) is 0 Å². The molecule has 142 valence electrons. The van der Waals surface area contributed by atoms with Crippen LogP contribution in [0.4, 0.5) is 5.95 Å². The first-order valence-electron chi connectivity index (χ1n) is 9.40. The van der Waals surface area contributed by atoms with E-state index >= 15 is 0 Å². The Kier molecular flexibility index (Phi) is 5.47. The molecule has 0 fully saturated rings. The number of hydrogen-bond acceptors (Lipinski definition) is 5. The minimum absolute atomic E-state index is 0.00821. The van der Waals surface area contributed by atoms with Gasteiger partial charge < -0.3 is 15.4 Å². The summed E-state index contributed by atoms with van der Waals surface area (Å²) in [6.07, 6.45) is 4.66. The van der Waals surface area contributed by atoms with Gasteiger partial charge in [-0.1, -0.05) is 30.3 Å². The summed E-state index contributed by atoms with van der Waals surface area (Å²) in [4.78, 5) is 20.1. The van der Waals surface area contributed by atoms with Crippen LogP contribution in [0.3, 0.4) is 0 Å². The molecule has 0 unspecified atom stereocenters. The van der Waals surface area contributed by atoms with Crippen LogP contribution >= 0.6 is 0 Å². The summed E-state index contributed by atoms with van der Waals surface area (Å²) in [5, 5.41) is 5.97. The number of hydrogen-bond donors (Lipinski definition) is 2. The summed E-state index contributed by atoms with van der Waals surface area (Å²) in [6.45, 7) is 1.78. The fourth-order valence-corrected chi connectivity index (χ4v) is 3.15. The Morgan fingerprint density at radius 1 is 1.04 bits per heavy atom. The third-order valence-corrected chi connectivity index (χ3v) is 4.67. The van der Waals surface area contributed by atoms with Crippen LogP contribution < -0.4 is 15.4 Å². The zero-order chi connectivity index (χ0) is 19.2. The molecule has 2 N–H and O–H groups in total. The minimum atomic E-state index is -0.00821. The smallest absolute Gasteiger partial charge is 0.222 e. The molecule has 3 aromatic rings. The summed E-state index contributed by atoms with van der Waals surface area (Å²) in [5.74, 6) is 1.52. The van der Waals surface area contributed by atoms with Gasteiger partial charge in [0.15, 0.2) is 0 Å². The van der Waals surface area contributed by atoms with Crippen molar-refractivity contribution in [2.24, 2.45) is 0 Å². The number of aromatic nitrogens is 2. The molecule has 1 aliphatic heterocycles. The van der Waals surface area contributed by atoms with Gasteiger partial charge in [-0.3, -0.25) is 4.79 Å². The monoisotopic (exact) mass is 374 g/mol.